The summed E-state index contributed by atoms with van der Waals surface area (Å²) in [6, 6.07) is 2.88. The number of nitrogens with two attached hydrogens (primary N) is 1. The second-order valence-corrected chi connectivity index (χ2v) is 6.81. The second-order valence-electron chi connectivity index (χ2n) is 6.81. The Morgan fingerprint density at radius 2 is 2.05 bits per heavy atom. The maximum absolute atomic E-state index is 13.0. The fraction of sp³-hybridized carbons (Fsp3) is 0.706. The molecule has 0 bridgehead atoms. The minimum atomic E-state index is 0.178. The van der Waals surface area contributed by atoms with Gasteiger partial charge >= 0.3 is 0 Å². The Hall–Kier alpha value is -1.29. The summed E-state index contributed by atoms with van der Waals surface area (Å²) in [5, 5.41) is 0. The average molecular weight is 289 g/mol. The molecular weight excluding hydrogens is 262 g/mol. The molecule has 4 nitrogen and oxygen atoms in total. The van der Waals surface area contributed by atoms with Crippen LogP contribution in [-0.2, 0) is 0 Å². The number of rotatable bonds is 3. The molecule has 2 fully saturated rings. The molecule has 2 N–H and O–H groups in total. The van der Waals surface area contributed by atoms with Crippen LogP contribution in [0.5, 0.6) is 0 Å². The molecule has 0 unspecified atom stereocenters. The topological polar surface area (TPSA) is 51.3 Å². The number of piperidine rings is 1. The highest BCUT2D eigenvalue weighted by molar-refractivity contribution is 5.96. The van der Waals surface area contributed by atoms with E-state index in [-0.39, 0.29) is 11.9 Å². The van der Waals surface area contributed by atoms with Crippen LogP contribution in [0, 0.1) is 19.8 Å². The SMILES string of the molecule is Cc1cc(C(=O)N2CCC[C@@H](C)[C@H]2CN)c(C)n1C1CC1. The molecule has 1 saturated carbocycles. The van der Waals surface area contributed by atoms with Gasteiger partial charge in [0.15, 0.2) is 0 Å². The van der Waals surface area contributed by atoms with E-state index in [0.29, 0.717) is 18.5 Å². The first-order valence-electron chi connectivity index (χ1n) is 8.24. The van der Waals surface area contributed by atoms with Gasteiger partial charge in [0.1, 0.15) is 0 Å². The fourth-order valence-electron chi connectivity index (χ4n) is 3.90. The zero-order valence-electron chi connectivity index (χ0n) is 13.4. The van der Waals surface area contributed by atoms with E-state index in [9.17, 15) is 4.79 Å². The number of aryl methyl sites for hydroxylation is 1. The van der Waals surface area contributed by atoms with Crippen LogP contribution in [0.4, 0.5) is 0 Å². The van der Waals surface area contributed by atoms with Gasteiger partial charge < -0.3 is 15.2 Å². The molecule has 1 aliphatic heterocycles. The molecule has 2 aliphatic rings. The van der Waals surface area contributed by atoms with Crippen LogP contribution in [0.1, 0.15) is 60.4 Å². The third-order valence-electron chi connectivity index (χ3n) is 5.24. The number of hydrogen-bond donors (Lipinski definition) is 1. The van der Waals surface area contributed by atoms with Crippen LogP contribution in [0.25, 0.3) is 0 Å². The quantitative estimate of drug-likeness (QED) is 0.930. The molecule has 1 aromatic rings. The molecule has 3 rings (SSSR count). The molecule has 0 radical (unpaired) electrons. The molecule has 1 saturated heterocycles. The van der Waals surface area contributed by atoms with Gasteiger partial charge in [-0.1, -0.05) is 6.92 Å². The van der Waals surface area contributed by atoms with Crippen molar-refractivity contribution in [3.05, 3.63) is 23.0 Å². The van der Waals surface area contributed by atoms with Crippen molar-refractivity contribution in [1.29, 1.82) is 0 Å². The van der Waals surface area contributed by atoms with Crippen molar-refractivity contribution in [2.75, 3.05) is 13.1 Å². The summed E-state index contributed by atoms with van der Waals surface area (Å²) in [5.74, 6) is 0.677. The predicted octanol–water partition coefficient (Wildman–Crippen LogP) is 2.64. The maximum atomic E-state index is 13.0. The van der Waals surface area contributed by atoms with Crippen LogP contribution in [0.3, 0.4) is 0 Å². The van der Waals surface area contributed by atoms with E-state index in [4.69, 9.17) is 5.73 Å². The Morgan fingerprint density at radius 3 is 2.67 bits per heavy atom. The molecule has 116 valence electrons. The number of amides is 1. The first-order chi connectivity index (χ1) is 10.0. The third kappa shape index (κ3) is 2.50. The zero-order chi connectivity index (χ0) is 15.1. The van der Waals surface area contributed by atoms with Gasteiger partial charge in [0.25, 0.3) is 5.91 Å². The molecule has 4 heteroatoms. The van der Waals surface area contributed by atoms with Gasteiger partial charge in [-0.15, -0.1) is 0 Å². The van der Waals surface area contributed by atoms with Crippen molar-refractivity contribution in [3.8, 4) is 0 Å². The van der Waals surface area contributed by atoms with E-state index >= 15 is 0 Å². The standard InChI is InChI=1S/C17H27N3O/c1-11-5-4-8-19(16(11)10-18)17(21)15-9-12(2)20(13(15)3)14-6-7-14/h9,11,14,16H,4-8,10,18H2,1-3H3/t11-,16-/m1/s1. The van der Waals surface area contributed by atoms with Crippen LogP contribution >= 0.6 is 0 Å². The van der Waals surface area contributed by atoms with Crippen molar-refractivity contribution in [1.82, 2.24) is 9.47 Å². The minimum Gasteiger partial charge on any atom is -0.345 e. The van der Waals surface area contributed by atoms with E-state index in [1.165, 1.54) is 25.0 Å². The number of carbonyl (C=O) groups excluding carboxylic acids is 1. The lowest BCUT2D eigenvalue weighted by Gasteiger charge is -2.39. The van der Waals surface area contributed by atoms with E-state index in [0.717, 1.165) is 24.2 Å². The van der Waals surface area contributed by atoms with Gasteiger partial charge in [-0.25, -0.2) is 0 Å². The Labute approximate surface area is 127 Å². The molecule has 1 amide bonds. The van der Waals surface area contributed by atoms with Crippen molar-refractivity contribution < 1.29 is 4.79 Å². The fourth-order valence-corrected chi connectivity index (χ4v) is 3.90. The van der Waals surface area contributed by atoms with Crippen LogP contribution in [0.2, 0.25) is 0 Å². The first kappa shape index (κ1) is 14.6. The van der Waals surface area contributed by atoms with Crippen LogP contribution in [0.15, 0.2) is 6.07 Å². The average Bonchev–Trinajstić information content (AvgIpc) is 3.24. The second kappa shape index (κ2) is 5.48. The summed E-state index contributed by atoms with van der Waals surface area (Å²) in [5.41, 5.74) is 9.16. The van der Waals surface area contributed by atoms with Crippen molar-refractivity contribution in [3.63, 3.8) is 0 Å². The summed E-state index contributed by atoms with van der Waals surface area (Å²) >= 11 is 0. The maximum Gasteiger partial charge on any atom is 0.255 e. The lowest BCUT2D eigenvalue weighted by molar-refractivity contribution is 0.0531. The van der Waals surface area contributed by atoms with E-state index < -0.39 is 0 Å². The smallest absolute Gasteiger partial charge is 0.255 e. The summed E-state index contributed by atoms with van der Waals surface area (Å²) in [6.07, 6.45) is 4.75. The highest BCUT2D eigenvalue weighted by Crippen LogP contribution is 2.38. The molecule has 2 heterocycles. The van der Waals surface area contributed by atoms with Crippen LogP contribution in [-0.4, -0.2) is 34.5 Å². The number of hydrogen-bond acceptors (Lipinski definition) is 2. The van der Waals surface area contributed by atoms with Gasteiger partial charge in [0.05, 0.1) is 5.56 Å². The Kier molecular flexibility index (Phi) is 3.82. The van der Waals surface area contributed by atoms with Crippen molar-refractivity contribution >= 4 is 5.91 Å². The summed E-state index contributed by atoms with van der Waals surface area (Å²) < 4.78 is 2.35. The van der Waals surface area contributed by atoms with Gasteiger partial charge in [0.2, 0.25) is 0 Å². The van der Waals surface area contributed by atoms with Crippen molar-refractivity contribution in [2.24, 2.45) is 11.7 Å². The number of likely N-dealkylation sites (tertiary alicyclic amines) is 1. The molecule has 0 aromatic carbocycles. The molecule has 1 aliphatic carbocycles. The van der Waals surface area contributed by atoms with Gasteiger partial charge in [-0.05, 0) is 51.5 Å². The molecule has 1 aromatic heterocycles. The lowest BCUT2D eigenvalue weighted by atomic mass is 9.90. The van der Waals surface area contributed by atoms with Crippen LogP contribution < -0.4 is 5.73 Å². The summed E-state index contributed by atoms with van der Waals surface area (Å²) in [7, 11) is 0. The highest BCUT2D eigenvalue weighted by atomic mass is 16.2. The zero-order valence-corrected chi connectivity index (χ0v) is 13.4. The van der Waals surface area contributed by atoms with Gasteiger partial charge in [-0.3, -0.25) is 4.79 Å². The minimum absolute atomic E-state index is 0.178. The van der Waals surface area contributed by atoms with E-state index in [1.54, 1.807) is 0 Å². The number of aromatic nitrogens is 1. The monoisotopic (exact) mass is 289 g/mol. The Balaban J connectivity index is 1.89. The Bertz CT molecular complexity index is 544. The van der Waals surface area contributed by atoms with E-state index in [1.807, 2.05) is 4.90 Å². The highest BCUT2D eigenvalue weighted by Gasteiger charge is 2.34. The lowest BCUT2D eigenvalue weighted by Crippen LogP contribution is -2.51. The summed E-state index contributed by atoms with van der Waals surface area (Å²) in [6.45, 7) is 7.82. The van der Waals surface area contributed by atoms with E-state index in [2.05, 4.69) is 31.4 Å². The molecule has 21 heavy (non-hydrogen) atoms. The van der Waals surface area contributed by atoms with Gasteiger partial charge in [-0.2, -0.15) is 0 Å². The molecule has 2 atom stereocenters. The number of nitrogens with zero attached hydrogens (tertiary/aromatic N) is 2. The summed E-state index contributed by atoms with van der Waals surface area (Å²) in [4.78, 5) is 15.0. The largest absolute Gasteiger partial charge is 0.345 e. The Morgan fingerprint density at radius 1 is 1.33 bits per heavy atom. The first-order valence-corrected chi connectivity index (χ1v) is 8.24. The van der Waals surface area contributed by atoms with Gasteiger partial charge in [0, 0.05) is 36.6 Å². The third-order valence-corrected chi connectivity index (χ3v) is 5.24. The predicted molar refractivity (Wildman–Crippen MR) is 84.5 cm³/mol. The molecule has 0 spiro atoms. The number of carbonyl (C=O) groups is 1. The molecular formula is C17H27N3O. The normalized spacial score (nSPS) is 26.2. The van der Waals surface area contributed by atoms with Crippen molar-refractivity contribution in [2.45, 2.75) is 58.5 Å².